The molecular weight excluding hydrogens is 358 g/mol. The minimum atomic E-state index is -0.388. The Morgan fingerprint density at radius 1 is 0.964 bits per heavy atom. The van der Waals surface area contributed by atoms with Crippen molar-refractivity contribution in [3.05, 3.63) is 82.7 Å². The molecular formula is C21H19N3O4. The average molecular weight is 377 g/mol. The molecule has 1 aromatic carbocycles. The molecule has 0 aliphatic heterocycles. The van der Waals surface area contributed by atoms with E-state index in [4.69, 9.17) is 4.42 Å². The van der Waals surface area contributed by atoms with Gasteiger partial charge in [0.2, 0.25) is 5.91 Å². The first kappa shape index (κ1) is 17.8. The van der Waals surface area contributed by atoms with Crippen LogP contribution in [-0.2, 0) is 11.3 Å². The molecule has 3 aromatic rings. The van der Waals surface area contributed by atoms with Crippen molar-refractivity contribution in [3.8, 4) is 0 Å². The maximum absolute atomic E-state index is 12.4. The lowest BCUT2D eigenvalue weighted by molar-refractivity contribution is -0.117. The van der Waals surface area contributed by atoms with Gasteiger partial charge in [-0.15, -0.1) is 0 Å². The van der Waals surface area contributed by atoms with Crippen LogP contribution in [0.15, 0.2) is 70.0 Å². The Bertz CT molecular complexity index is 1060. The molecule has 2 aromatic heterocycles. The molecule has 1 aliphatic carbocycles. The fourth-order valence-electron chi connectivity index (χ4n) is 2.76. The van der Waals surface area contributed by atoms with E-state index in [0.717, 1.165) is 12.8 Å². The minimum absolute atomic E-state index is 0.0393. The zero-order chi connectivity index (χ0) is 19.5. The van der Waals surface area contributed by atoms with Gasteiger partial charge in [0.15, 0.2) is 5.76 Å². The van der Waals surface area contributed by atoms with Gasteiger partial charge in [0.05, 0.1) is 6.54 Å². The lowest BCUT2D eigenvalue weighted by Gasteiger charge is -2.07. The molecule has 0 spiro atoms. The Labute approximate surface area is 161 Å². The summed E-state index contributed by atoms with van der Waals surface area (Å²) in [5, 5.41) is 5.60. The van der Waals surface area contributed by atoms with E-state index in [1.54, 1.807) is 54.7 Å². The van der Waals surface area contributed by atoms with E-state index in [1.165, 1.54) is 10.6 Å². The molecule has 0 saturated heterocycles. The first-order valence-corrected chi connectivity index (χ1v) is 9.05. The van der Waals surface area contributed by atoms with E-state index in [0.29, 0.717) is 17.1 Å². The number of nitrogens with one attached hydrogen (secondary N) is 2. The van der Waals surface area contributed by atoms with Crippen LogP contribution >= 0.6 is 0 Å². The standard InChI is InChI=1S/C21H19N3O4/c25-19-3-1-2-12-24(19)13-17-10-11-18(28-17)21(27)23-16-8-6-15(7-9-16)22-20(26)14-4-5-14/h1-3,6-12,14H,4-5,13H2,(H,22,26)(H,23,27). The van der Waals surface area contributed by atoms with Gasteiger partial charge in [-0.05, 0) is 55.3 Å². The van der Waals surface area contributed by atoms with Crippen LogP contribution in [0.4, 0.5) is 11.4 Å². The van der Waals surface area contributed by atoms with Crippen molar-refractivity contribution in [2.45, 2.75) is 19.4 Å². The fraction of sp³-hybridized carbons (Fsp3) is 0.190. The summed E-state index contributed by atoms with van der Waals surface area (Å²) < 4.78 is 7.05. The Hall–Kier alpha value is -3.61. The van der Waals surface area contributed by atoms with Gasteiger partial charge in [-0.3, -0.25) is 14.4 Å². The van der Waals surface area contributed by atoms with Gasteiger partial charge in [-0.1, -0.05) is 6.07 Å². The predicted octanol–water partition coefficient (Wildman–Crippen LogP) is 3.09. The van der Waals surface area contributed by atoms with Crippen LogP contribution in [0, 0.1) is 5.92 Å². The highest BCUT2D eigenvalue weighted by Gasteiger charge is 2.29. The maximum Gasteiger partial charge on any atom is 0.291 e. The lowest BCUT2D eigenvalue weighted by atomic mass is 10.2. The van der Waals surface area contributed by atoms with Crippen molar-refractivity contribution in [2.24, 2.45) is 5.92 Å². The van der Waals surface area contributed by atoms with Gasteiger partial charge in [-0.2, -0.15) is 0 Å². The monoisotopic (exact) mass is 377 g/mol. The lowest BCUT2D eigenvalue weighted by Crippen LogP contribution is -2.18. The summed E-state index contributed by atoms with van der Waals surface area (Å²) in [5.41, 5.74) is 1.15. The normalized spacial score (nSPS) is 13.1. The van der Waals surface area contributed by atoms with Gasteiger partial charge in [0.25, 0.3) is 11.5 Å². The van der Waals surface area contributed by atoms with Crippen molar-refractivity contribution >= 4 is 23.2 Å². The SMILES string of the molecule is O=C(Nc1ccc(NC(=O)C2CC2)cc1)c1ccc(Cn2ccccc2=O)o1. The molecule has 2 heterocycles. The van der Waals surface area contributed by atoms with E-state index in [2.05, 4.69) is 10.6 Å². The quantitative estimate of drug-likeness (QED) is 0.690. The third-order valence-electron chi connectivity index (χ3n) is 4.47. The summed E-state index contributed by atoms with van der Waals surface area (Å²) in [6.07, 6.45) is 3.56. The molecule has 4 rings (SSSR count). The van der Waals surface area contributed by atoms with E-state index >= 15 is 0 Å². The largest absolute Gasteiger partial charge is 0.454 e. The maximum atomic E-state index is 12.4. The van der Waals surface area contributed by atoms with Crippen LogP contribution in [0.2, 0.25) is 0 Å². The van der Waals surface area contributed by atoms with Crippen LogP contribution < -0.4 is 16.2 Å². The average Bonchev–Trinajstić information content (AvgIpc) is 3.44. The molecule has 2 N–H and O–H groups in total. The number of anilines is 2. The van der Waals surface area contributed by atoms with E-state index in [1.807, 2.05) is 0 Å². The number of carbonyl (C=O) groups is 2. The number of carbonyl (C=O) groups excluding carboxylic acids is 2. The summed E-state index contributed by atoms with van der Waals surface area (Å²) in [7, 11) is 0. The Balaban J connectivity index is 1.37. The number of pyridine rings is 1. The molecule has 0 atom stereocenters. The molecule has 0 unspecified atom stereocenters. The van der Waals surface area contributed by atoms with Crippen molar-refractivity contribution < 1.29 is 14.0 Å². The first-order chi connectivity index (χ1) is 13.6. The van der Waals surface area contributed by atoms with Gasteiger partial charge in [-0.25, -0.2) is 0 Å². The molecule has 28 heavy (non-hydrogen) atoms. The zero-order valence-corrected chi connectivity index (χ0v) is 15.1. The smallest absolute Gasteiger partial charge is 0.291 e. The molecule has 1 saturated carbocycles. The van der Waals surface area contributed by atoms with Crippen LogP contribution in [0.5, 0.6) is 0 Å². The van der Waals surface area contributed by atoms with Crippen molar-refractivity contribution in [1.82, 2.24) is 4.57 Å². The van der Waals surface area contributed by atoms with Crippen LogP contribution in [0.25, 0.3) is 0 Å². The topological polar surface area (TPSA) is 93.3 Å². The van der Waals surface area contributed by atoms with E-state index in [-0.39, 0.29) is 35.6 Å². The highest BCUT2D eigenvalue weighted by molar-refractivity contribution is 6.02. The van der Waals surface area contributed by atoms with Gasteiger partial charge < -0.3 is 19.6 Å². The Kier molecular flexibility index (Phi) is 4.80. The van der Waals surface area contributed by atoms with E-state index < -0.39 is 0 Å². The molecule has 7 heteroatoms. The number of rotatable bonds is 6. The third kappa shape index (κ3) is 4.20. The molecule has 0 radical (unpaired) electrons. The summed E-state index contributed by atoms with van der Waals surface area (Å²) >= 11 is 0. The summed E-state index contributed by atoms with van der Waals surface area (Å²) in [6, 6.07) is 15.1. The second-order valence-electron chi connectivity index (χ2n) is 6.73. The number of furan rings is 1. The molecule has 0 bridgehead atoms. The van der Waals surface area contributed by atoms with Gasteiger partial charge in [0.1, 0.15) is 5.76 Å². The van der Waals surface area contributed by atoms with Crippen LogP contribution in [0.1, 0.15) is 29.2 Å². The highest BCUT2D eigenvalue weighted by Crippen LogP contribution is 2.30. The highest BCUT2D eigenvalue weighted by atomic mass is 16.4. The molecule has 1 fully saturated rings. The third-order valence-corrected chi connectivity index (χ3v) is 4.47. The number of amides is 2. The van der Waals surface area contributed by atoms with Crippen molar-refractivity contribution in [2.75, 3.05) is 10.6 Å². The molecule has 7 nitrogen and oxygen atoms in total. The van der Waals surface area contributed by atoms with Crippen LogP contribution in [-0.4, -0.2) is 16.4 Å². The van der Waals surface area contributed by atoms with Gasteiger partial charge in [0, 0.05) is 29.6 Å². The number of benzene rings is 1. The minimum Gasteiger partial charge on any atom is -0.454 e. The van der Waals surface area contributed by atoms with E-state index in [9.17, 15) is 14.4 Å². The van der Waals surface area contributed by atoms with Crippen molar-refractivity contribution in [3.63, 3.8) is 0 Å². The van der Waals surface area contributed by atoms with Crippen LogP contribution in [0.3, 0.4) is 0 Å². The van der Waals surface area contributed by atoms with Crippen molar-refractivity contribution in [1.29, 1.82) is 0 Å². The Morgan fingerprint density at radius 3 is 2.36 bits per heavy atom. The summed E-state index contributed by atoms with van der Waals surface area (Å²) in [4.78, 5) is 35.9. The second kappa shape index (κ2) is 7.56. The first-order valence-electron chi connectivity index (χ1n) is 9.05. The number of aromatic nitrogens is 1. The van der Waals surface area contributed by atoms with Gasteiger partial charge >= 0.3 is 0 Å². The molecule has 1 aliphatic rings. The summed E-state index contributed by atoms with van der Waals surface area (Å²) in [6.45, 7) is 0.252. The number of hydrogen-bond acceptors (Lipinski definition) is 4. The zero-order valence-electron chi connectivity index (χ0n) is 15.1. The fourth-order valence-corrected chi connectivity index (χ4v) is 2.76. The molecule has 142 valence electrons. The molecule has 2 amide bonds. The number of hydrogen-bond donors (Lipinski definition) is 2. The predicted molar refractivity (Wildman–Crippen MR) is 104 cm³/mol. The number of nitrogens with zero attached hydrogens (tertiary/aromatic N) is 1. The second-order valence-corrected chi connectivity index (χ2v) is 6.73. The summed E-state index contributed by atoms with van der Waals surface area (Å²) in [5.74, 6) is 0.458. The Morgan fingerprint density at radius 2 is 1.68 bits per heavy atom.